The van der Waals surface area contributed by atoms with Crippen molar-refractivity contribution in [2.75, 3.05) is 0 Å². The molecule has 118 valence electrons. The summed E-state index contributed by atoms with van der Waals surface area (Å²) in [6, 6.07) is 1.65. The summed E-state index contributed by atoms with van der Waals surface area (Å²) in [6.07, 6.45) is 0. The Morgan fingerprint density at radius 1 is 1.33 bits per heavy atom. The topological polar surface area (TPSA) is 89.3 Å². The number of halogens is 1. The van der Waals surface area contributed by atoms with Gasteiger partial charge in [0.1, 0.15) is 5.82 Å². The van der Waals surface area contributed by atoms with E-state index in [0.29, 0.717) is 0 Å². The Labute approximate surface area is 124 Å². The predicted molar refractivity (Wildman–Crippen MR) is 78.9 cm³/mol. The molecule has 0 aliphatic rings. The van der Waals surface area contributed by atoms with E-state index in [4.69, 9.17) is 5.14 Å². The van der Waals surface area contributed by atoms with Crippen molar-refractivity contribution in [2.24, 2.45) is 10.6 Å². The van der Waals surface area contributed by atoms with E-state index in [2.05, 4.69) is 5.32 Å². The Morgan fingerprint density at radius 2 is 1.86 bits per heavy atom. The summed E-state index contributed by atoms with van der Waals surface area (Å²) >= 11 is 0. The maximum Gasteiger partial charge on any atom is 0.251 e. The van der Waals surface area contributed by atoms with Crippen LogP contribution in [-0.2, 0) is 10.0 Å². The largest absolute Gasteiger partial charge is 0.349 e. The van der Waals surface area contributed by atoms with E-state index in [9.17, 15) is 17.6 Å². The third-order valence-electron chi connectivity index (χ3n) is 3.52. The average Bonchev–Trinajstić information content (AvgIpc) is 2.28. The van der Waals surface area contributed by atoms with Crippen molar-refractivity contribution in [1.82, 2.24) is 5.32 Å². The highest BCUT2D eigenvalue weighted by molar-refractivity contribution is 7.89. The third-order valence-corrected chi connectivity index (χ3v) is 4.56. The van der Waals surface area contributed by atoms with Crippen LogP contribution in [0.25, 0.3) is 0 Å². The number of hydrogen-bond donors (Lipinski definition) is 2. The number of nitrogens with two attached hydrogens (primary N) is 1. The van der Waals surface area contributed by atoms with Crippen molar-refractivity contribution >= 4 is 15.9 Å². The minimum atomic E-state index is -4.09. The number of amides is 1. The Balaban J connectivity index is 3.26. The van der Waals surface area contributed by atoms with Gasteiger partial charge in [-0.15, -0.1) is 0 Å². The summed E-state index contributed by atoms with van der Waals surface area (Å²) in [4.78, 5) is 11.9. The minimum Gasteiger partial charge on any atom is -0.349 e. The zero-order valence-corrected chi connectivity index (χ0v) is 13.6. The molecule has 0 saturated carbocycles. The van der Waals surface area contributed by atoms with Gasteiger partial charge in [-0.3, -0.25) is 4.79 Å². The number of rotatable bonds is 3. The quantitative estimate of drug-likeness (QED) is 0.893. The van der Waals surface area contributed by atoms with Gasteiger partial charge in [0.25, 0.3) is 5.91 Å². The van der Waals surface area contributed by atoms with Crippen LogP contribution in [0.4, 0.5) is 4.39 Å². The number of primary sulfonamides is 1. The number of benzene rings is 1. The van der Waals surface area contributed by atoms with E-state index in [0.717, 1.165) is 12.1 Å². The molecule has 21 heavy (non-hydrogen) atoms. The van der Waals surface area contributed by atoms with Gasteiger partial charge in [-0.05, 0) is 37.0 Å². The molecular formula is C14H21FN2O3S. The molecule has 0 radical (unpaired) electrons. The minimum absolute atomic E-state index is 0.0323. The van der Waals surface area contributed by atoms with Gasteiger partial charge in [0.2, 0.25) is 10.0 Å². The predicted octanol–water partition coefficient (Wildman–Crippen LogP) is 1.95. The van der Waals surface area contributed by atoms with Gasteiger partial charge >= 0.3 is 0 Å². The lowest BCUT2D eigenvalue weighted by atomic mass is 9.88. The van der Waals surface area contributed by atoms with Gasteiger partial charge in [0.05, 0.1) is 4.90 Å². The lowest BCUT2D eigenvalue weighted by Crippen LogP contribution is -2.41. The van der Waals surface area contributed by atoms with Crippen molar-refractivity contribution in [1.29, 1.82) is 0 Å². The van der Waals surface area contributed by atoms with Gasteiger partial charge in [-0.1, -0.05) is 20.8 Å². The summed E-state index contributed by atoms with van der Waals surface area (Å²) in [7, 11) is -4.09. The lowest BCUT2D eigenvalue weighted by Gasteiger charge is -2.28. The summed E-state index contributed by atoms with van der Waals surface area (Å²) in [6.45, 7) is 9.10. The van der Waals surface area contributed by atoms with Gasteiger partial charge in [-0.2, -0.15) is 0 Å². The lowest BCUT2D eigenvalue weighted by molar-refractivity contribution is 0.0908. The van der Waals surface area contributed by atoms with E-state index < -0.39 is 21.7 Å². The number of hydrogen-bond acceptors (Lipinski definition) is 3. The highest BCUT2D eigenvalue weighted by Crippen LogP contribution is 2.22. The summed E-state index contributed by atoms with van der Waals surface area (Å²) in [5.41, 5.74) is -0.0766. The molecular weight excluding hydrogens is 295 g/mol. The summed E-state index contributed by atoms with van der Waals surface area (Å²) in [5.74, 6) is -1.35. The van der Waals surface area contributed by atoms with Crippen LogP contribution in [0.3, 0.4) is 0 Å². The smallest absolute Gasteiger partial charge is 0.251 e. The molecule has 7 heteroatoms. The molecule has 0 aliphatic heterocycles. The van der Waals surface area contributed by atoms with Crippen molar-refractivity contribution < 1.29 is 17.6 Å². The molecule has 0 saturated heterocycles. The molecule has 1 atom stereocenters. The number of carbonyl (C=O) groups is 1. The van der Waals surface area contributed by atoms with Crippen LogP contribution in [0.1, 0.15) is 43.6 Å². The van der Waals surface area contributed by atoms with E-state index in [-0.39, 0.29) is 27.5 Å². The Kier molecular flexibility index (Phi) is 4.80. The second-order valence-electron chi connectivity index (χ2n) is 6.18. The van der Waals surface area contributed by atoms with Gasteiger partial charge in [0.15, 0.2) is 0 Å². The van der Waals surface area contributed by atoms with Gasteiger partial charge in [-0.25, -0.2) is 17.9 Å². The van der Waals surface area contributed by atoms with Gasteiger partial charge < -0.3 is 5.32 Å². The first kappa shape index (κ1) is 17.6. The van der Waals surface area contributed by atoms with Gasteiger partial charge in [0, 0.05) is 11.6 Å². The zero-order chi connectivity index (χ0) is 16.6. The molecule has 0 spiro atoms. The fourth-order valence-electron chi connectivity index (χ4n) is 1.68. The standard InChI is InChI=1S/C14H21FN2O3S/c1-8-11(13(18)17-9(2)14(3,4)5)6-10(15)7-12(8)21(16,19)20/h6-7,9H,1-5H3,(H,17,18)(H2,16,19,20). The van der Waals surface area contributed by atoms with E-state index >= 15 is 0 Å². The second-order valence-corrected chi connectivity index (χ2v) is 7.71. The molecule has 5 nitrogen and oxygen atoms in total. The second kappa shape index (κ2) is 5.73. The highest BCUT2D eigenvalue weighted by atomic mass is 32.2. The SMILES string of the molecule is Cc1c(C(=O)NC(C)C(C)(C)C)cc(F)cc1S(N)(=O)=O. The first-order valence-electron chi connectivity index (χ1n) is 6.48. The van der Waals surface area contributed by atoms with Crippen LogP contribution >= 0.6 is 0 Å². The van der Waals surface area contributed by atoms with Crippen molar-refractivity contribution in [3.8, 4) is 0 Å². The van der Waals surface area contributed by atoms with Crippen LogP contribution in [0, 0.1) is 18.2 Å². The van der Waals surface area contributed by atoms with Crippen LogP contribution in [0.15, 0.2) is 17.0 Å². The third kappa shape index (κ3) is 4.25. The Morgan fingerprint density at radius 3 is 2.29 bits per heavy atom. The molecule has 1 amide bonds. The fraction of sp³-hybridized carbons (Fsp3) is 0.500. The molecule has 0 bridgehead atoms. The van der Waals surface area contributed by atoms with Crippen LogP contribution in [0.2, 0.25) is 0 Å². The molecule has 1 rings (SSSR count). The van der Waals surface area contributed by atoms with E-state index in [1.807, 2.05) is 27.7 Å². The van der Waals surface area contributed by atoms with Crippen LogP contribution in [0.5, 0.6) is 0 Å². The zero-order valence-electron chi connectivity index (χ0n) is 12.8. The Hall–Kier alpha value is -1.47. The van der Waals surface area contributed by atoms with Crippen molar-refractivity contribution in [3.05, 3.63) is 29.1 Å². The molecule has 0 heterocycles. The maximum atomic E-state index is 13.6. The number of carbonyl (C=O) groups excluding carboxylic acids is 1. The maximum absolute atomic E-state index is 13.6. The average molecular weight is 316 g/mol. The van der Waals surface area contributed by atoms with Crippen molar-refractivity contribution in [2.45, 2.75) is 45.6 Å². The molecule has 1 aromatic carbocycles. The molecule has 0 aliphatic carbocycles. The van der Waals surface area contributed by atoms with E-state index in [1.165, 1.54) is 6.92 Å². The summed E-state index contributed by atoms with van der Waals surface area (Å²) < 4.78 is 36.5. The molecule has 0 aromatic heterocycles. The fourth-order valence-corrected chi connectivity index (χ4v) is 2.49. The van der Waals surface area contributed by atoms with Crippen LogP contribution < -0.4 is 10.5 Å². The summed E-state index contributed by atoms with van der Waals surface area (Å²) in [5, 5.41) is 7.78. The molecule has 3 N–H and O–H groups in total. The number of sulfonamides is 1. The number of nitrogens with one attached hydrogen (secondary N) is 1. The molecule has 1 aromatic rings. The van der Waals surface area contributed by atoms with E-state index in [1.54, 1.807) is 0 Å². The first-order valence-corrected chi connectivity index (χ1v) is 8.02. The molecule has 0 fully saturated rings. The van der Waals surface area contributed by atoms with Crippen molar-refractivity contribution in [3.63, 3.8) is 0 Å². The normalized spacial score (nSPS) is 13.9. The highest BCUT2D eigenvalue weighted by Gasteiger charge is 2.25. The van der Waals surface area contributed by atoms with Crippen LogP contribution in [-0.4, -0.2) is 20.4 Å². The molecule has 1 unspecified atom stereocenters. The first-order chi connectivity index (χ1) is 9.34. The Bertz CT molecular complexity index is 664. The monoisotopic (exact) mass is 316 g/mol.